The Morgan fingerprint density at radius 3 is 2.82 bits per heavy atom. The topological polar surface area (TPSA) is 12.0 Å². The summed E-state index contributed by atoms with van der Waals surface area (Å²) >= 11 is 4.20. The van der Waals surface area contributed by atoms with E-state index in [1.54, 1.807) is 0 Å². The number of hydrogen-bond donors (Lipinski definition) is 1. The minimum Gasteiger partial charge on any atom is -0.310 e. The lowest BCUT2D eigenvalue weighted by molar-refractivity contribution is 0.212. The molecule has 0 radical (unpaired) electrons. The summed E-state index contributed by atoms with van der Waals surface area (Å²) in [5.74, 6) is 2.66. The van der Waals surface area contributed by atoms with Crippen LogP contribution in [0.5, 0.6) is 0 Å². The van der Waals surface area contributed by atoms with Gasteiger partial charge in [-0.05, 0) is 43.1 Å². The van der Waals surface area contributed by atoms with Crippen molar-refractivity contribution in [3.63, 3.8) is 0 Å². The lowest BCUT2D eigenvalue weighted by atomic mass is 9.81. The van der Waals surface area contributed by atoms with Crippen molar-refractivity contribution in [2.24, 2.45) is 5.41 Å². The number of hydrogen-bond acceptors (Lipinski definition) is 3. The first-order chi connectivity index (χ1) is 8.12. The molecule has 3 atom stereocenters. The normalized spacial score (nSPS) is 37.9. The summed E-state index contributed by atoms with van der Waals surface area (Å²) in [6.45, 7) is 4.89. The molecule has 2 rings (SSSR count). The highest BCUT2D eigenvalue weighted by molar-refractivity contribution is 7.99. The number of rotatable bonds is 3. The molecule has 0 amide bonds. The van der Waals surface area contributed by atoms with Crippen molar-refractivity contribution in [3.05, 3.63) is 0 Å². The quantitative estimate of drug-likeness (QED) is 0.840. The lowest BCUT2D eigenvalue weighted by Crippen LogP contribution is -2.51. The Morgan fingerprint density at radius 2 is 2.12 bits per heavy atom. The maximum atomic E-state index is 3.98. The van der Waals surface area contributed by atoms with Gasteiger partial charge in [0.15, 0.2) is 0 Å². The third kappa shape index (κ3) is 3.81. The van der Waals surface area contributed by atoms with Gasteiger partial charge in [-0.15, -0.1) is 0 Å². The van der Waals surface area contributed by atoms with E-state index in [4.69, 9.17) is 0 Å². The van der Waals surface area contributed by atoms with Gasteiger partial charge in [0, 0.05) is 23.1 Å². The molecular formula is C14H27NS2. The van der Waals surface area contributed by atoms with Gasteiger partial charge in [-0.3, -0.25) is 0 Å². The first-order valence-electron chi connectivity index (χ1n) is 6.98. The van der Waals surface area contributed by atoms with Gasteiger partial charge in [-0.2, -0.15) is 23.5 Å². The van der Waals surface area contributed by atoms with Gasteiger partial charge in [0.05, 0.1) is 0 Å². The van der Waals surface area contributed by atoms with Crippen LogP contribution in [0, 0.1) is 5.41 Å². The van der Waals surface area contributed by atoms with Crippen LogP contribution in [0.2, 0.25) is 0 Å². The van der Waals surface area contributed by atoms with Gasteiger partial charge in [0.25, 0.3) is 0 Å². The molecule has 100 valence electrons. The molecule has 0 bridgehead atoms. The van der Waals surface area contributed by atoms with Crippen LogP contribution in [0.1, 0.15) is 46.0 Å². The van der Waals surface area contributed by atoms with Crippen molar-refractivity contribution in [1.29, 1.82) is 0 Å². The zero-order valence-corrected chi connectivity index (χ0v) is 13.1. The average molecular weight is 274 g/mol. The zero-order valence-electron chi connectivity index (χ0n) is 11.5. The van der Waals surface area contributed by atoms with E-state index in [0.717, 1.165) is 17.3 Å². The molecule has 0 aromatic rings. The molecule has 3 unspecified atom stereocenters. The van der Waals surface area contributed by atoms with E-state index >= 15 is 0 Å². The second-order valence-corrected chi connectivity index (χ2v) is 8.54. The molecule has 1 saturated carbocycles. The Hall–Kier alpha value is 0.660. The Balaban J connectivity index is 1.86. The van der Waals surface area contributed by atoms with Crippen LogP contribution in [0.25, 0.3) is 0 Å². The van der Waals surface area contributed by atoms with E-state index in [1.807, 2.05) is 0 Å². The van der Waals surface area contributed by atoms with Gasteiger partial charge in [-0.1, -0.05) is 20.3 Å². The fraction of sp³-hybridized carbons (Fsp3) is 1.00. The standard InChI is InChI=1S/C14H27NS2/c1-14(2)7-8-17-10-13(14)15-11-5-4-6-12(9-11)16-3/h11-13,15H,4-10H2,1-3H3. The minimum absolute atomic E-state index is 0.498. The molecule has 17 heavy (non-hydrogen) atoms. The molecule has 1 aliphatic carbocycles. The molecule has 3 heteroatoms. The Kier molecular flexibility index (Phi) is 5.14. The van der Waals surface area contributed by atoms with Crippen LogP contribution in [0.15, 0.2) is 0 Å². The summed E-state index contributed by atoms with van der Waals surface area (Å²) < 4.78 is 0. The summed E-state index contributed by atoms with van der Waals surface area (Å²) in [7, 11) is 0. The highest BCUT2D eigenvalue weighted by atomic mass is 32.2. The molecular weight excluding hydrogens is 246 g/mol. The SMILES string of the molecule is CSC1CCCC(NC2CSCCC2(C)C)C1. The van der Waals surface area contributed by atoms with Crippen LogP contribution < -0.4 is 5.32 Å². The monoisotopic (exact) mass is 273 g/mol. The van der Waals surface area contributed by atoms with Crippen LogP contribution in [-0.2, 0) is 0 Å². The molecule has 0 spiro atoms. The maximum Gasteiger partial charge on any atom is 0.0212 e. The molecule has 1 nitrogen and oxygen atoms in total. The molecule has 1 aliphatic heterocycles. The predicted octanol–water partition coefficient (Wildman–Crippen LogP) is 3.78. The van der Waals surface area contributed by atoms with Crippen molar-refractivity contribution in [3.8, 4) is 0 Å². The van der Waals surface area contributed by atoms with Crippen molar-refractivity contribution >= 4 is 23.5 Å². The minimum atomic E-state index is 0.498. The van der Waals surface area contributed by atoms with E-state index in [-0.39, 0.29) is 0 Å². The van der Waals surface area contributed by atoms with Gasteiger partial charge in [0.2, 0.25) is 0 Å². The Morgan fingerprint density at radius 1 is 1.29 bits per heavy atom. The summed E-state index contributed by atoms with van der Waals surface area (Å²) in [5.41, 5.74) is 0.498. The highest BCUT2D eigenvalue weighted by Gasteiger charge is 2.34. The largest absolute Gasteiger partial charge is 0.310 e. The lowest BCUT2D eigenvalue weighted by Gasteiger charge is -2.42. The van der Waals surface area contributed by atoms with E-state index < -0.39 is 0 Å². The van der Waals surface area contributed by atoms with E-state index in [1.165, 1.54) is 43.6 Å². The van der Waals surface area contributed by atoms with E-state index in [2.05, 4.69) is 48.9 Å². The zero-order chi connectivity index (χ0) is 12.3. The summed E-state index contributed by atoms with van der Waals surface area (Å²) in [6.07, 6.45) is 9.28. The average Bonchev–Trinajstić information content (AvgIpc) is 2.32. The third-order valence-electron chi connectivity index (χ3n) is 4.51. The highest BCUT2D eigenvalue weighted by Crippen LogP contribution is 2.36. The van der Waals surface area contributed by atoms with Gasteiger partial charge < -0.3 is 5.32 Å². The maximum absolute atomic E-state index is 3.98. The molecule has 1 N–H and O–H groups in total. The number of thioether (sulfide) groups is 2. The van der Waals surface area contributed by atoms with Crippen LogP contribution >= 0.6 is 23.5 Å². The number of nitrogens with one attached hydrogen (secondary N) is 1. The Bertz CT molecular complexity index is 242. The van der Waals surface area contributed by atoms with Crippen molar-refractivity contribution < 1.29 is 0 Å². The van der Waals surface area contributed by atoms with Crippen molar-refractivity contribution in [2.45, 2.75) is 63.3 Å². The Labute approximate surface area is 115 Å². The third-order valence-corrected chi connectivity index (χ3v) is 6.67. The van der Waals surface area contributed by atoms with Crippen molar-refractivity contribution in [1.82, 2.24) is 5.32 Å². The smallest absolute Gasteiger partial charge is 0.0212 e. The van der Waals surface area contributed by atoms with Gasteiger partial charge in [0.1, 0.15) is 0 Å². The second-order valence-electron chi connectivity index (χ2n) is 6.25. The van der Waals surface area contributed by atoms with Gasteiger partial charge >= 0.3 is 0 Å². The second kappa shape index (κ2) is 6.21. The fourth-order valence-electron chi connectivity index (χ4n) is 3.00. The molecule has 0 aromatic carbocycles. The molecule has 2 aliphatic rings. The first-order valence-corrected chi connectivity index (χ1v) is 9.42. The molecule has 1 heterocycles. The van der Waals surface area contributed by atoms with E-state index in [0.29, 0.717) is 5.41 Å². The summed E-state index contributed by atoms with van der Waals surface area (Å²) in [5, 5.41) is 4.88. The van der Waals surface area contributed by atoms with E-state index in [9.17, 15) is 0 Å². The molecule has 1 saturated heterocycles. The molecule has 0 aromatic heterocycles. The first kappa shape index (κ1) is 14.1. The summed E-state index contributed by atoms with van der Waals surface area (Å²) in [6, 6.07) is 1.51. The predicted molar refractivity (Wildman–Crippen MR) is 82.2 cm³/mol. The van der Waals surface area contributed by atoms with Gasteiger partial charge in [-0.25, -0.2) is 0 Å². The fourth-order valence-corrected chi connectivity index (χ4v) is 5.45. The van der Waals surface area contributed by atoms with Crippen molar-refractivity contribution in [2.75, 3.05) is 17.8 Å². The van der Waals surface area contributed by atoms with Crippen LogP contribution in [0.4, 0.5) is 0 Å². The molecule has 2 fully saturated rings. The van der Waals surface area contributed by atoms with Crippen LogP contribution in [0.3, 0.4) is 0 Å². The summed E-state index contributed by atoms with van der Waals surface area (Å²) in [4.78, 5) is 0. The van der Waals surface area contributed by atoms with Crippen LogP contribution in [-0.4, -0.2) is 35.1 Å².